The summed E-state index contributed by atoms with van der Waals surface area (Å²) in [7, 11) is 0. The van der Waals surface area contributed by atoms with Crippen LogP contribution in [0.5, 0.6) is 0 Å². The van der Waals surface area contributed by atoms with Gasteiger partial charge in [-0.15, -0.1) is 0 Å². The summed E-state index contributed by atoms with van der Waals surface area (Å²) < 4.78 is 0. The SMILES string of the molecule is C[C@]12CCC3=C4CCC(=O)C=C4CC[C@H]3[C@@H]1CCC2[N+](=O)[O-]. The highest BCUT2D eigenvalue weighted by Gasteiger charge is 2.58. The molecule has 22 heavy (non-hydrogen) atoms. The van der Waals surface area contributed by atoms with E-state index < -0.39 is 0 Å². The van der Waals surface area contributed by atoms with Crippen LogP contribution in [0.4, 0.5) is 0 Å². The lowest BCUT2D eigenvalue weighted by Crippen LogP contribution is -2.44. The summed E-state index contributed by atoms with van der Waals surface area (Å²) in [5, 5.41) is 11.4. The lowest BCUT2D eigenvalue weighted by atomic mass is 9.57. The molecule has 0 amide bonds. The second-order valence-electron chi connectivity index (χ2n) is 7.78. The second-order valence-corrected chi connectivity index (χ2v) is 7.78. The van der Waals surface area contributed by atoms with Gasteiger partial charge < -0.3 is 0 Å². The molecular weight excluding hydrogens is 278 g/mol. The molecule has 0 radical (unpaired) electrons. The summed E-state index contributed by atoms with van der Waals surface area (Å²) in [5.74, 6) is 1.27. The lowest BCUT2D eigenvalue weighted by Gasteiger charge is -2.47. The molecule has 4 nitrogen and oxygen atoms in total. The van der Waals surface area contributed by atoms with Crippen LogP contribution < -0.4 is 0 Å². The largest absolute Gasteiger partial charge is 0.295 e. The summed E-state index contributed by atoms with van der Waals surface area (Å²) in [6, 6.07) is -0.353. The van der Waals surface area contributed by atoms with Gasteiger partial charge in [0.05, 0.1) is 0 Å². The Bertz CT molecular complexity index is 618. The van der Waals surface area contributed by atoms with Crippen LogP contribution in [0.2, 0.25) is 0 Å². The van der Waals surface area contributed by atoms with E-state index in [9.17, 15) is 14.9 Å². The molecule has 2 saturated carbocycles. The summed E-state index contributed by atoms with van der Waals surface area (Å²) >= 11 is 0. The Labute approximate surface area is 130 Å². The monoisotopic (exact) mass is 301 g/mol. The fourth-order valence-electron chi connectivity index (χ4n) is 5.85. The first kappa shape index (κ1) is 14.2. The maximum absolute atomic E-state index is 11.7. The lowest BCUT2D eigenvalue weighted by molar-refractivity contribution is -0.539. The second kappa shape index (κ2) is 4.77. The van der Waals surface area contributed by atoms with Gasteiger partial charge in [-0.3, -0.25) is 14.9 Å². The molecule has 4 aliphatic rings. The van der Waals surface area contributed by atoms with Crippen molar-refractivity contribution in [2.45, 2.75) is 64.3 Å². The molecule has 0 bridgehead atoms. The molecular formula is C18H23NO3. The number of fused-ring (bicyclic) bond motifs is 4. The van der Waals surface area contributed by atoms with Crippen LogP contribution in [0.3, 0.4) is 0 Å². The van der Waals surface area contributed by atoms with Crippen LogP contribution in [0, 0.1) is 27.4 Å². The van der Waals surface area contributed by atoms with E-state index in [4.69, 9.17) is 0 Å². The topological polar surface area (TPSA) is 60.2 Å². The Hall–Kier alpha value is -1.45. The van der Waals surface area contributed by atoms with Gasteiger partial charge in [-0.1, -0.05) is 12.5 Å². The zero-order valence-corrected chi connectivity index (χ0v) is 13.1. The smallest absolute Gasteiger partial charge is 0.218 e. The van der Waals surface area contributed by atoms with E-state index in [1.807, 2.05) is 6.08 Å². The fourth-order valence-corrected chi connectivity index (χ4v) is 5.85. The van der Waals surface area contributed by atoms with Gasteiger partial charge in [-0.25, -0.2) is 0 Å². The van der Waals surface area contributed by atoms with Crippen molar-refractivity contribution in [1.29, 1.82) is 0 Å². The normalized spacial score (nSPS) is 40.7. The Morgan fingerprint density at radius 3 is 2.77 bits per heavy atom. The minimum Gasteiger partial charge on any atom is -0.295 e. The van der Waals surface area contributed by atoms with Crippen LogP contribution in [-0.2, 0) is 4.79 Å². The maximum atomic E-state index is 11.7. The van der Waals surface area contributed by atoms with Gasteiger partial charge in [0, 0.05) is 23.2 Å². The number of rotatable bonds is 1. The van der Waals surface area contributed by atoms with Gasteiger partial charge in [0.15, 0.2) is 5.78 Å². The molecule has 0 aromatic rings. The first-order chi connectivity index (χ1) is 10.5. The molecule has 0 spiro atoms. The van der Waals surface area contributed by atoms with Crippen LogP contribution in [0.15, 0.2) is 22.8 Å². The minimum atomic E-state index is -0.353. The number of nitrogens with zero attached hydrogens (tertiary/aromatic N) is 1. The first-order valence-corrected chi connectivity index (χ1v) is 8.60. The molecule has 4 heteroatoms. The summed E-state index contributed by atoms with van der Waals surface area (Å²) in [5.41, 5.74) is 4.15. The Morgan fingerprint density at radius 2 is 2.00 bits per heavy atom. The van der Waals surface area contributed by atoms with E-state index in [1.54, 1.807) is 5.57 Å². The molecule has 1 unspecified atom stereocenters. The van der Waals surface area contributed by atoms with Crippen molar-refractivity contribution in [3.8, 4) is 0 Å². The van der Waals surface area contributed by atoms with Crippen molar-refractivity contribution in [3.05, 3.63) is 32.9 Å². The predicted octanol–water partition coefficient (Wildman–Crippen LogP) is 3.84. The van der Waals surface area contributed by atoms with Crippen molar-refractivity contribution in [2.24, 2.45) is 17.3 Å². The third-order valence-electron chi connectivity index (χ3n) is 6.94. The Morgan fingerprint density at radius 1 is 1.18 bits per heavy atom. The molecule has 0 heterocycles. The van der Waals surface area contributed by atoms with Gasteiger partial charge in [0.1, 0.15) is 0 Å². The zero-order chi connectivity index (χ0) is 15.5. The van der Waals surface area contributed by atoms with Gasteiger partial charge >= 0.3 is 0 Å². The molecule has 0 N–H and O–H groups in total. The average Bonchev–Trinajstić information content (AvgIpc) is 2.84. The fraction of sp³-hybridized carbons (Fsp3) is 0.722. The molecule has 0 aromatic carbocycles. The zero-order valence-electron chi connectivity index (χ0n) is 13.1. The van der Waals surface area contributed by atoms with Gasteiger partial charge in [-0.05, 0) is 67.6 Å². The molecule has 118 valence electrons. The number of carbonyl (C=O) groups is 1. The summed E-state index contributed by atoms with van der Waals surface area (Å²) in [4.78, 5) is 23.1. The van der Waals surface area contributed by atoms with Gasteiger partial charge in [-0.2, -0.15) is 0 Å². The van der Waals surface area contributed by atoms with Crippen LogP contribution in [0.1, 0.15) is 58.3 Å². The number of hydrogen-bond acceptors (Lipinski definition) is 3. The number of ketones is 1. The van der Waals surface area contributed by atoms with Crippen molar-refractivity contribution < 1.29 is 9.72 Å². The predicted molar refractivity (Wildman–Crippen MR) is 82.9 cm³/mol. The van der Waals surface area contributed by atoms with Gasteiger partial charge in [0.2, 0.25) is 6.04 Å². The third kappa shape index (κ3) is 1.85. The first-order valence-electron chi connectivity index (χ1n) is 8.60. The van der Waals surface area contributed by atoms with Crippen LogP contribution in [0.25, 0.3) is 0 Å². The average molecular weight is 301 g/mol. The molecule has 4 aliphatic carbocycles. The Kier molecular flexibility index (Phi) is 3.07. The van der Waals surface area contributed by atoms with E-state index in [0.717, 1.165) is 44.9 Å². The molecule has 0 aliphatic heterocycles. The summed E-state index contributed by atoms with van der Waals surface area (Å²) in [6.07, 6.45) is 9.18. The Balaban J connectivity index is 1.72. The van der Waals surface area contributed by atoms with Crippen molar-refractivity contribution in [3.63, 3.8) is 0 Å². The molecule has 2 fully saturated rings. The van der Waals surface area contributed by atoms with E-state index in [-0.39, 0.29) is 22.2 Å². The molecule has 0 saturated heterocycles. The number of carbonyl (C=O) groups excluding carboxylic acids is 1. The van der Waals surface area contributed by atoms with Crippen molar-refractivity contribution in [2.75, 3.05) is 0 Å². The summed E-state index contributed by atoms with van der Waals surface area (Å²) in [6.45, 7) is 2.16. The standard InChI is InChI=1S/C18H23NO3/c1-18-9-8-14-13-5-3-12(20)10-11(13)2-4-15(14)16(18)6-7-17(18)19(21)22/h10,15-17H,2-9H2,1H3/t15-,16+,17?,18+/m1/s1. The highest BCUT2D eigenvalue weighted by Crippen LogP contribution is 2.60. The number of nitro groups is 1. The van der Waals surface area contributed by atoms with Crippen LogP contribution in [-0.4, -0.2) is 16.7 Å². The number of hydrogen-bond donors (Lipinski definition) is 0. The minimum absolute atomic E-state index is 0.0223. The molecule has 4 rings (SSSR count). The van der Waals surface area contributed by atoms with E-state index in [2.05, 4.69) is 6.92 Å². The number of allylic oxidation sites excluding steroid dienone is 4. The van der Waals surface area contributed by atoms with E-state index >= 15 is 0 Å². The maximum Gasteiger partial charge on any atom is 0.218 e. The highest BCUT2D eigenvalue weighted by molar-refractivity contribution is 5.93. The molecule has 4 atom stereocenters. The quantitative estimate of drug-likeness (QED) is 0.546. The van der Waals surface area contributed by atoms with Crippen molar-refractivity contribution >= 4 is 5.78 Å². The van der Waals surface area contributed by atoms with Crippen molar-refractivity contribution in [1.82, 2.24) is 0 Å². The van der Waals surface area contributed by atoms with Crippen LogP contribution >= 0.6 is 0 Å². The van der Waals surface area contributed by atoms with E-state index in [0.29, 0.717) is 18.3 Å². The third-order valence-corrected chi connectivity index (χ3v) is 6.94. The van der Waals surface area contributed by atoms with Gasteiger partial charge in [0.25, 0.3) is 0 Å². The molecule has 0 aromatic heterocycles. The van der Waals surface area contributed by atoms with E-state index in [1.165, 1.54) is 11.1 Å². The highest BCUT2D eigenvalue weighted by atomic mass is 16.6.